The zero-order chi connectivity index (χ0) is 11.3. The molecule has 0 radical (unpaired) electrons. The Morgan fingerprint density at radius 1 is 1.20 bits per heavy atom. The van der Waals surface area contributed by atoms with Gasteiger partial charge in [0.1, 0.15) is 5.75 Å². The minimum atomic E-state index is -3.94. The number of hydrogen-bond donors (Lipinski definition) is 2. The average molecular weight is 228 g/mol. The van der Waals surface area contributed by atoms with Crippen LogP contribution in [0, 0.1) is 0 Å². The maximum Gasteiger partial charge on any atom is 0.268 e. The van der Waals surface area contributed by atoms with Crippen molar-refractivity contribution < 1.29 is 18.1 Å². The number of aromatic hydroxyl groups is 1. The van der Waals surface area contributed by atoms with E-state index in [2.05, 4.69) is 0 Å². The van der Waals surface area contributed by atoms with Crippen LogP contribution in [0.3, 0.4) is 0 Å². The predicted octanol–water partition coefficient (Wildman–Crippen LogP) is 1.38. The van der Waals surface area contributed by atoms with Crippen molar-refractivity contribution in [3.8, 4) is 5.75 Å². The van der Waals surface area contributed by atoms with E-state index in [9.17, 15) is 13.5 Å². The average Bonchev–Trinajstić information content (AvgIpc) is 2.13. The second-order valence-corrected chi connectivity index (χ2v) is 4.55. The van der Waals surface area contributed by atoms with Gasteiger partial charge in [0, 0.05) is 0 Å². The Kier molecular flexibility index (Phi) is 3.88. The molecule has 82 valence electrons. The summed E-state index contributed by atoms with van der Waals surface area (Å²) in [5.41, 5.74) is 0.712. The molecule has 4 nitrogen and oxygen atoms in total. The first-order chi connectivity index (χ1) is 6.99. The fourth-order valence-corrected chi connectivity index (χ4v) is 1.46. The molecule has 0 spiro atoms. The van der Waals surface area contributed by atoms with E-state index in [1.165, 1.54) is 6.08 Å². The Balaban J connectivity index is 2.55. The molecule has 0 saturated carbocycles. The fraction of sp³-hybridized carbons (Fsp3) is 0.200. The van der Waals surface area contributed by atoms with Gasteiger partial charge in [-0.25, -0.2) is 0 Å². The monoisotopic (exact) mass is 228 g/mol. The molecule has 2 N–H and O–H groups in total. The molecule has 1 aromatic carbocycles. The van der Waals surface area contributed by atoms with Gasteiger partial charge in [-0.2, -0.15) is 8.42 Å². The Morgan fingerprint density at radius 2 is 1.87 bits per heavy atom. The molecular formula is C10H12O4S. The van der Waals surface area contributed by atoms with Gasteiger partial charge >= 0.3 is 0 Å². The van der Waals surface area contributed by atoms with Gasteiger partial charge < -0.3 is 5.11 Å². The SMILES string of the molecule is O=S(=O)(O)CC=CCc1ccccc1O. The lowest BCUT2D eigenvalue weighted by molar-refractivity contribution is 0.469. The van der Waals surface area contributed by atoms with Crippen LogP contribution in [0.1, 0.15) is 5.56 Å². The summed E-state index contributed by atoms with van der Waals surface area (Å²) in [6, 6.07) is 6.80. The Labute approximate surface area is 88.6 Å². The Hall–Kier alpha value is -1.33. The predicted molar refractivity (Wildman–Crippen MR) is 57.4 cm³/mol. The van der Waals surface area contributed by atoms with E-state index < -0.39 is 15.9 Å². The van der Waals surface area contributed by atoms with Crippen molar-refractivity contribution in [2.75, 3.05) is 5.75 Å². The van der Waals surface area contributed by atoms with Gasteiger partial charge in [-0.15, -0.1) is 0 Å². The van der Waals surface area contributed by atoms with Crippen molar-refractivity contribution in [3.05, 3.63) is 42.0 Å². The molecule has 0 unspecified atom stereocenters. The van der Waals surface area contributed by atoms with Gasteiger partial charge in [0.05, 0.1) is 5.75 Å². The molecule has 0 aliphatic carbocycles. The summed E-state index contributed by atoms with van der Waals surface area (Å²) in [7, 11) is -3.94. The highest BCUT2D eigenvalue weighted by Gasteiger charge is 1.99. The molecular weight excluding hydrogens is 216 g/mol. The molecule has 0 atom stereocenters. The molecule has 0 aliphatic rings. The molecule has 0 fully saturated rings. The van der Waals surface area contributed by atoms with Crippen molar-refractivity contribution in [1.82, 2.24) is 0 Å². The van der Waals surface area contributed by atoms with E-state index in [1.54, 1.807) is 30.3 Å². The van der Waals surface area contributed by atoms with Crippen LogP contribution in [0.25, 0.3) is 0 Å². The van der Waals surface area contributed by atoms with Crippen LogP contribution in [0.4, 0.5) is 0 Å². The van der Waals surface area contributed by atoms with Crippen molar-refractivity contribution in [3.63, 3.8) is 0 Å². The smallest absolute Gasteiger partial charge is 0.268 e. The summed E-state index contributed by atoms with van der Waals surface area (Å²) in [4.78, 5) is 0. The largest absolute Gasteiger partial charge is 0.508 e. The zero-order valence-corrected chi connectivity index (χ0v) is 8.81. The van der Waals surface area contributed by atoms with E-state index in [1.807, 2.05) is 0 Å². The van der Waals surface area contributed by atoms with E-state index in [4.69, 9.17) is 4.55 Å². The molecule has 1 rings (SSSR count). The van der Waals surface area contributed by atoms with E-state index in [0.717, 1.165) is 0 Å². The third kappa shape index (κ3) is 4.62. The topological polar surface area (TPSA) is 74.6 Å². The molecule has 0 aromatic heterocycles. The highest BCUT2D eigenvalue weighted by Crippen LogP contribution is 2.16. The number of benzene rings is 1. The van der Waals surface area contributed by atoms with E-state index in [-0.39, 0.29) is 5.75 Å². The summed E-state index contributed by atoms with van der Waals surface area (Å²) in [6.45, 7) is 0. The number of rotatable bonds is 4. The first kappa shape index (κ1) is 11.7. The lowest BCUT2D eigenvalue weighted by Gasteiger charge is -1.99. The minimum Gasteiger partial charge on any atom is -0.508 e. The molecule has 0 amide bonds. The number of allylic oxidation sites excluding steroid dienone is 1. The van der Waals surface area contributed by atoms with Crippen molar-refractivity contribution in [2.45, 2.75) is 6.42 Å². The maximum absolute atomic E-state index is 10.4. The van der Waals surface area contributed by atoms with Crippen LogP contribution < -0.4 is 0 Å². The minimum absolute atomic E-state index is 0.175. The van der Waals surface area contributed by atoms with Gasteiger partial charge in [-0.3, -0.25) is 4.55 Å². The molecule has 15 heavy (non-hydrogen) atoms. The lowest BCUT2D eigenvalue weighted by Crippen LogP contribution is -2.00. The molecule has 0 bridgehead atoms. The zero-order valence-electron chi connectivity index (χ0n) is 8.00. The Morgan fingerprint density at radius 3 is 2.47 bits per heavy atom. The van der Waals surface area contributed by atoms with Crippen molar-refractivity contribution >= 4 is 10.1 Å². The highest BCUT2D eigenvalue weighted by molar-refractivity contribution is 7.85. The van der Waals surface area contributed by atoms with Crippen LogP contribution in [0.2, 0.25) is 0 Å². The van der Waals surface area contributed by atoms with Crippen molar-refractivity contribution in [1.29, 1.82) is 0 Å². The van der Waals surface area contributed by atoms with E-state index in [0.29, 0.717) is 12.0 Å². The number of hydrogen-bond acceptors (Lipinski definition) is 3. The van der Waals surface area contributed by atoms with Crippen LogP contribution in [0.15, 0.2) is 36.4 Å². The van der Waals surface area contributed by atoms with Crippen molar-refractivity contribution in [2.24, 2.45) is 0 Å². The maximum atomic E-state index is 10.4. The number of phenols is 1. The van der Waals surface area contributed by atoms with Crippen LogP contribution in [-0.4, -0.2) is 23.8 Å². The third-order valence-corrected chi connectivity index (χ3v) is 2.42. The van der Waals surface area contributed by atoms with Crippen LogP contribution >= 0.6 is 0 Å². The van der Waals surface area contributed by atoms with Gasteiger partial charge in [-0.1, -0.05) is 30.4 Å². The Bertz CT molecular complexity index is 448. The normalized spacial score (nSPS) is 12.1. The van der Waals surface area contributed by atoms with E-state index >= 15 is 0 Å². The highest BCUT2D eigenvalue weighted by atomic mass is 32.2. The second kappa shape index (κ2) is 4.95. The summed E-state index contributed by atoms with van der Waals surface area (Å²) in [5.74, 6) is -0.227. The van der Waals surface area contributed by atoms with Crippen LogP contribution in [-0.2, 0) is 16.5 Å². The molecule has 1 aromatic rings. The molecule has 0 heterocycles. The summed E-state index contributed by atoms with van der Waals surface area (Å²) in [6.07, 6.45) is 3.37. The van der Waals surface area contributed by atoms with Crippen LogP contribution in [0.5, 0.6) is 5.75 Å². The summed E-state index contributed by atoms with van der Waals surface area (Å²) < 4.78 is 29.2. The third-order valence-electron chi connectivity index (χ3n) is 1.80. The second-order valence-electron chi connectivity index (χ2n) is 3.05. The number of phenolic OH excluding ortho intramolecular Hbond substituents is 1. The van der Waals surface area contributed by atoms with Gasteiger partial charge in [0.15, 0.2) is 0 Å². The summed E-state index contributed by atoms with van der Waals surface area (Å²) in [5, 5.41) is 9.37. The van der Waals surface area contributed by atoms with Gasteiger partial charge in [-0.05, 0) is 18.1 Å². The molecule has 0 saturated heterocycles. The fourth-order valence-electron chi connectivity index (χ4n) is 1.08. The quantitative estimate of drug-likeness (QED) is 0.603. The van der Waals surface area contributed by atoms with Gasteiger partial charge in [0.25, 0.3) is 10.1 Å². The van der Waals surface area contributed by atoms with Gasteiger partial charge in [0.2, 0.25) is 0 Å². The standard InChI is InChI=1S/C10H12O4S/c11-10-7-2-1-5-9(10)6-3-4-8-15(12,13)14/h1-5,7,11H,6,8H2,(H,12,13,14). The molecule has 5 heteroatoms. The molecule has 0 aliphatic heterocycles. The first-order valence-electron chi connectivity index (χ1n) is 4.36. The first-order valence-corrected chi connectivity index (χ1v) is 5.97. The summed E-state index contributed by atoms with van der Waals surface area (Å²) >= 11 is 0. The lowest BCUT2D eigenvalue weighted by atomic mass is 10.1. The number of para-hydroxylation sites is 1.